The fraction of sp³-hybridized carbons (Fsp3) is 0.417. The summed E-state index contributed by atoms with van der Waals surface area (Å²) in [5.41, 5.74) is 8.07. The second kappa shape index (κ2) is 5.85. The van der Waals surface area contributed by atoms with Crippen molar-refractivity contribution in [3.8, 4) is 5.75 Å². The Morgan fingerprint density at radius 2 is 2.39 bits per heavy atom. The van der Waals surface area contributed by atoms with E-state index in [1.807, 2.05) is 6.07 Å². The number of ether oxygens (including phenoxy) is 2. The molecule has 0 bridgehead atoms. The van der Waals surface area contributed by atoms with Crippen LogP contribution in [0, 0.1) is 3.57 Å². The number of benzene rings is 1. The number of carboxylic acids is 1. The molecule has 0 radical (unpaired) electrons. The molecule has 0 amide bonds. The largest absolute Gasteiger partial charge is 0.493 e. The summed E-state index contributed by atoms with van der Waals surface area (Å²) in [5, 5.41) is 8.50. The lowest BCUT2D eigenvalue weighted by molar-refractivity contribution is -0.142. The maximum absolute atomic E-state index is 10.4. The summed E-state index contributed by atoms with van der Waals surface area (Å²) >= 11 is 2.23. The van der Waals surface area contributed by atoms with Crippen LogP contribution in [0.1, 0.15) is 17.2 Å². The molecule has 2 rings (SSSR count). The molecule has 5 nitrogen and oxygen atoms in total. The molecule has 0 fully saturated rings. The third-order valence-corrected chi connectivity index (χ3v) is 3.32. The van der Waals surface area contributed by atoms with Gasteiger partial charge < -0.3 is 20.3 Å². The van der Waals surface area contributed by atoms with Crippen LogP contribution in [0.4, 0.5) is 0 Å². The van der Waals surface area contributed by atoms with Gasteiger partial charge in [0, 0.05) is 15.6 Å². The Morgan fingerprint density at radius 3 is 3.11 bits per heavy atom. The van der Waals surface area contributed by atoms with E-state index in [0.717, 1.165) is 26.9 Å². The Kier molecular flexibility index (Phi) is 4.41. The Morgan fingerprint density at radius 1 is 1.61 bits per heavy atom. The quantitative estimate of drug-likeness (QED) is 0.772. The van der Waals surface area contributed by atoms with Crippen LogP contribution < -0.4 is 10.5 Å². The first-order valence-corrected chi connectivity index (χ1v) is 6.66. The average molecular weight is 363 g/mol. The highest BCUT2D eigenvalue weighted by Gasteiger charge is 2.21. The topological polar surface area (TPSA) is 81.8 Å². The van der Waals surface area contributed by atoms with Gasteiger partial charge in [-0.1, -0.05) is 0 Å². The fourth-order valence-electron chi connectivity index (χ4n) is 1.94. The van der Waals surface area contributed by atoms with Crippen molar-refractivity contribution >= 4 is 28.6 Å². The lowest BCUT2D eigenvalue weighted by Crippen LogP contribution is -2.20. The maximum Gasteiger partial charge on any atom is 0.329 e. The van der Waals surface area contributed by atoms with Crippen LogP contribution in [0.3, 0.4) is 0 Å². The fourth-order valence-corrected chi connectivity index (χ4v) is 2.65. The number of rotatable bonds is 5. The summed E-state index contributed by atoms with van der Waals surface area (Å²) in [6.45, 7) is 0.508. The van der Waals surface area contributed by atoms with Crippen LogP contribution in [-0.2, 0) is 16.0 Å². The number of carboxylic acid groups (broad SMARTS) is 1. The highest BCUT2D eigenvalue weighted by molar-refractivity contribution is 14.1. The third-order valence-electron chi connectivity index (χ3n) is 2.70. The van der Waals surface area contributed by atoms with Gasteiger partial charge in [-0.25, -0.2) is 4.79 Å². The highest BCUT2D eigenvalue weighted by atomic mass is 127. The second-order valence-electron chi connectivity index (χ2n) is 4.10. The second-order valence-corrected chi connectivity index (χ2v) is 5.34. The molecular weight excluding hydrogens is 349 g/mol. The molecular formula is C12H14INO4. The summed E-state index contributed by atoms with van der Waals surface area (Å²) in [6, 6.07) is 3.67. The van der Waals surface area contributed by atoms with Crippen LogP contribution in [0.15, 0.2) is 12.1 Å². The first-order chi connectivity index (χ1) is 8.58. The molecule has 0 saturated heterocycles. The van der Waals surface area contributed by atoms with Crippen molar-refractivity contribution in [3.05, 3.63) is 26.8 Å². The van der Waals surface area contributed by atoms with Crippen LogP contribution in [0.5, 0.6) is 5.75 Å². The van der Waals surface area contributed by atoms with Crippen molar-refractivity contribution in [1.29, 1.82) is 0 Å². The molecule has 98 valence electrons. The van der Waals surface area contributed by atoms with Crippen LogP contribution in [-0.4, -0.2) is 30.9 Å². The Labute approximate surface area is 118 Å². The van der Waals surface area contributed by atoms with E-state index in [1.54, 1.807) is 0 Å². The van der Waals surface area contributed by atoms with Crippen molar-refractivity contribution in [2.45, 2.75) is 12.5 Å². The zero-order chi connectivity index (χ0) is 13.1. The number of carbonyl (C=O) groups is 1. The van der Waals surface area contributed by atoms with Gasteiger partial charge in [0.05, 0.1) is 19.3 Å². The summed E-state index contributed by atoms with van der Waals surface area (Å²) < 4.78 is 11.7. The van der Waals surface area contributed by atoms with Crippen LogP contribution in [0.25, 0.3) is 0 Å². The van der Waals surface area contributed by atoms with Gasteiger partial charge in [-0.3, -0.25) is 0 Å². The molecule has 1 heterocycles. The number of fused-ring (bicyclic) bond motifs is 1. The Hall–Kier alpha value is -0.860. The molecule has 0 aliphatic carbocycles. The first-order valence-electron chi connectivity index (χ1n) is 5.58. The van der Waals surface area contributed by atoms with Crippen molar-refractivity contribution in [2.75, 3.05) is 19.8 Å². The summed E-state index contributed by atoms with van der Waals surface area (Å²) in [5.74, 6) is -0.159. The third kappa shape index (κ3) is 3.12. The van der Waals surface area contributed by atoms with Gasteiger partial charge in [-0.2, -0.15) is 0 Å². The molecule has 18 heavy (non-hydrogen) atoms. The van der Waals surface area contributed by atoms with Crippen molar-refractivity contribution in [2.24, 2.45) is 5.73 Å². The molecule has 6 heteroatoms. The van der Waals surface area contributed by atoms with E-state index in [-0.39, 0.29) is 19.3 Å². The molecule has 1 aromatic rings. The van der Waals surface area contributed by atoms with E-state index in [1.165, 1.54) is 0 Å². The van der Waals surface area contributed by atoms with Gasteiger partial charge in [0.25, 0.3) is 0 Å². The maximum atomic E-state index is 10.4. The van der Waals surface area contributed by atoms with Crippen molar-refractivity contribution in [1.82, 2.24) is 0 Å². The average Bonchev–Trinajstić information content (AvgIpc) is 2.74. The number of nitrogens with two attached hydrogens (primary N) is 1. The van der Waals surface area contributed by atoms with Gasteiger partial charge in [-0.15, -0.1) is 0 Å². The van der Waals surface area contributed by atoms with E-state index < -0.39 is 5.97 Å². The summed E-state index contributed by atoms with van der Waals surface area (Å²) in [4.78, 5) is 10.4. The first kappa shape index (κ1) is 13.6. The van der Waals surface area contributed by atoms with Gasteiger partial charge >= 0.3 is 5.97 Å². The zero-order valence-electron chi connectivity index (χ0n) is 9.69. The Balaban J connectivity index is 2.10. The minimum absolute atomic E-state index is 0.169. The predicted octanol–water partition coefficient (Wildman–Crippen LogP) is 1.33. The number of halogens is 1. The van der Waals surface area contributed by atoms with Gasteiger partial charge in [0.15, 0.2) is 0 Å². The summed E-state index contributed by atoms with van der Waals surface area (Å²) in [6.07, 6.45) is 0.891. The monoisotopic (exact) mass is 363 g/mol. The highest BCUT2D eigenvalue weighted by Crippen LogP contribution is 2.34. The normalized spacial score (nSPS) is 15.0. The number of aliphatic carboxylic acids is 1. The zero-order valence-corrected chi connectivity index (χ0v) is 11.8. The van der Waals surface area contributed by atoms with E-state index >= 15 is 0 Å². The van der Waals surface area contributed by atoms with E-state index in [9.17, 15) is 4.79 Å². The molecule has 0 saturated carbocycles. The smallest absolute Gasteiger partial charge is 0.329 e. The number of hydrogen-bond donors (Lipinski definition) is 2. The molecule has 0 spiro atoms. The minimum Gasteiger partial charge on any atom is -0.493 e. The van der Waals surface area contributed by atoms with E-state index in [0.29, 0.717) is 6.61 Å². The standard InChI is InChI=1S/C12H14INO4/c13-8-3-7-1-2-18-12(7)9(4-8)10(14)5-17-6-11(15)16/h3-4,10H,1-2,5-6,14H2,(H,15,16). The molecule has 1 aliphatic heterocycles. The molecule has 0 aromatic heterocycles. The molecule has 1 aromatic carbocycles. The SMILES string of the molecule is NC(COCC(=O)O)c1cc(I)cc2c1OCC2. The predicted molar refractivity (Wildman–Crippen MR) is 73.7 cm³/mol. The summed E-state index contributed by atoms with van der Waals surface area (Å²) in [7, 11) is 0. The van der Waals surface area contributed by atoms with Crippen LogP contribution in [0.2, 0.25) is 0 Å². The molecule has 3 N–H and O–H groups in total. The van der Waals surface area contributed by atoms with Crippen LogP contribution >= 0.6 is 22.6 Å². The van der Waals surface area contributed by atoms with Crippen molar-refractivity contribution < 1.29 is 19.4 Å². The minimum atomic E-state index is -0.994. The van der Waals surface area contributed by atoms with Crippen molar-refractivity contribution in [3.63, 3.8) is 0 Å². The molecule has 1 atom stereocenters. The molecule has 1 aliphatic rings. The van der Waals surface area contributed by atoms with Gasteiger partial charge in [0.1, 0.15) is 12.4 Å². The molecule has 1 unspecified atom stereocenters. The lowest BCUT2D eigenvalue weighted by atomic mass is 10.0. The number of hydrogen-bond acceptors (Lipinski definition) is 4. The lowest BCUT2D eigenvalue weighted by Gasteiger charge is -2.16. The van der Waals surface area contributed by atoms with E-state index in [4.69, 9.17) is 20.3 Å². The van der Waals surface area contributed by atoms with Gasteiger partial charge in [-0.05, 0) is 40.3 Å². The van der Waals surface area contributed by atoms with Gasteiger partial charge in [0.2, 0.25) is 0 Å². The Bertz CT molecular complexity index is 464. The van der Waals surface area contributed by atoms with E-state index in [2.05, 4.69) is 28.7 Å².